The lowest BCUT2D eigenvalue weighted by Crippen LogP contribution is -2.31. The van der Waals surface area contributed by atoms with Gasteiger partial charge in [0.25, 0.3) is 0 Å². The van der Waals surface area contributed by atoms with Crippen LogP contribution >= 0.6 is 0 Å². The minimum Gasteiger partial charge on any atom is -0.479 e. The van der Waals surface area contributed by atoms with Crippen LogP contribution in [0.15, 0.2) is 18.2 Å². The number of hydrogen-bond donors (Lipinski definition) is 3. The number of benzene rings is 1. The van der Waals surface area contributed by atoms with Crippen molar-refractivity contribution in [2.45, 2.75) is 6.18 Å². The maximum Gasteiger partial charge on any atom is 0.417 e. The number of rotatable bonds is 4. The number of carboxylic acid groups (broad SMARTS) is 1. The zero-order valence-corrected chi connectivity index (χ0v) is 10.2. The van der Waals surface area contributed by atoms with E-state index in [0.717, 1.165) is 12.1 Å². The van der Waals surface area contributed by atoms with Crippen molar-refractivity contribution in [1.82, 2.24) is 5.48 Å². The van der Waals surface area contributed by atoms with Crippen molar-refractivity contribution in [2.75, 3.05) is 11.9 Å². The number of carbonyl (C=O) groups excluding carboxylic acids is 1. The SMILES string of the molecule is N#Cc1ccc(NC(=O)NOCC(=O)O)cc1C(F)(F)F. The number of hydroxylamine groups is 1. The number of amides is 2. The van der Waals surface area contributed by atoms with Crippen LogP contribution in [0.25, 0.3) is 0 Å². The minimum absolute atomic E-state index is 0.238. The maximum absolute atomic E-state index is 12.7. The lowest BCUT2D eigenvalue weighted by molar-refractivity contribution is -0.144. The lowest BCUT2D eigenvalue weighted by atomic mass is 10.1. The predicted octanol–water partition coefficient (Wildman–Crippen LogP) is 1.71. The Labute approximate surface area is 115 Å². The molecule has 0 bridgehead atoms. The molecule has 0 saturated carbocycles. The second kappa shape index (κ2) is 6.58. The summed E-state index contributed by atoms with van der Waals surface area (Å²) in [4.78, 5) is 25.6. The number of nitrogens with zero attached hydrogens (tertiary/aromatic N) is 1. The molecule has 0 saturated heterocycles. The van der Waals surface area contributed by atoms with Gasteiger partial charge in [-0.1, -0.05) is 0 Å². The van der Waals surface area contributed by atoms with Crippen molar-refractivity contribution < 1.29 is 32.7 Å². The number of urea groups is 1. The molecule has 0 atom stereocenters. The third-order valence-corrected chi connectivity index (χ3v) is 2.06. The Morgan fingerprint density at radius 3 is 2.57 bits per heavy atom. The van der Waals surface area contributed by atoms with Crippen molar-refractivity contribution in [1.29, 1.82) is 5.26 Å². The summed E-state index contributed by atoms with van der Waals surface area (Å²) >= 11 is 0. The molecule has 0 radical (unpaired) electrons. The first-order valence-corrected chi connectivity index (χ1v) is 5.26. The molecule has 0 fully saturated rings. The van der Waals surface area contributed by atoms with E-state index in [1.54, 1.807) is 5.48 Å². The van der Waals surface area contributed by atoms with Gasteiger partial charge in [0.1, 0.15) is 0 Å². The van der Waals surface area contributed by atoms with Crippen LogP contribution in [0.1, 0.15) is 11.1 Å². The molecule has 21 heavy (non-hydrogen) atoms. The monoisotopic (exact) mass is 303 g/mol. The number of nitriles is 1. The first kappa shape index (κ1) is 16.3. The zero-order valence-electron chi connectivity index (χ0n) is 10.2. The van der Waals surface area contributed by atoms with Crippen LogP contribution in [0.3, 0.4) is 0 Å². The van der Waals surface area contributed by atoms with Crippen molar-refractivity contribution >= 4 is 17.7 Å². The number of carboxylic acids is 1. The standard InChI is InChI=1S/C11H8F3N3O4/c12-11(13,14)8-3-7(2-1-6(8)4-15)16-10(20)17-21-5-9(18)19/h1-3H,5H2,(H,18,19)(H2,16,17,20). The molecule has 7 nitrogen and oxygen atoms in total. The summed E-state index contributed by atoms with van der Waals surface area (Å²) in [5.74, 6) is -1.34. The number of aliphatic carboxylic acids is 1. The van der Waals surface area contributed by atoms with E-state index in [-0.39, 0.29) is 5.69 Å². The van der Waals surface area contributed by atoms with Crippen LogP contribution < -0.4 is 10.8 Å². The van der Waals surface area contributed by atoms with E-state index in [9.17, 15) is 22.8 Å². The minimum atomic E-state index is -4.75. The highest BCUT2D eigenvalue weighted by molar-refractivity contribution is 5.88. The smallest absolute Gasteiger partial charge is 0.417 e. The van der Waals surface area contributed by atoms with Gasteiger partial charge in [0.2, 0.25) is 0 Å². The molecule has 1 rings (SSSR count). The van der Waals surface area contributed by atoms with E-state index in [2.05, 4.69) is 4.84 Å². The Bertz CT molecular complexity index is 595. The van der Waals surface area contributed by atoms with Crippen LogP contribution in [0, 0.1) is 11.3 Å². The summed E-state index contributed by atoms with van der Waals surface area (Å²) in [6, 6.07) is 2.90. The second-order valence-electron chi connectivity index (χ2n) is 3.61. The molecule has 0 aliphatic carbocycles. The number of carbonyl (C=O) groups is 2. The number of nitrogens with one attached hydrogen (secondary N) is 2. The highest BCUT2D eigenvalue weighted by Gasteiger charge is 2.33. The number of anilines is 1. The molecule has 0 heterocycles. The molecule has 1 aromatic carbocycles. The fourth-order valence-corrected chi connectivity index (χ4v) is 1.27. The summed E-state index contributed by atoms with van der Waals surface area (Å²) in [6.45, 7) is -0.811. The second-order valence-corrected chi connectivity index (χ2v) is 3.61. The van der Waals surface area contributed by atoms with Crippen molar-refractivity contribution in [3.8, 4) is 6.07 Å². The van der Waals surface area contributed by atoms with E-state index >= 15 is 0 Å². The molecule has 0 unspecified atom stereocenters. The first-order valence-electron chi connectivity index (χ1n) is 5.26. The molecule has 3 N–H and O–H groups in total. The molecule has 2 amide bonds. The Morgan fingerprint density at radius 2 is 2.05 bits per heavy atom. The van der Waals surface area contributed by atoms with Gasteiger partial charge in [0.05, 0.1) is 17.2 Å². The van der Waals surface area contributed by atoms with E-state index in [0.29, 0.717) is 6.07 Å². The zero-order chi connectivity index (χ0) is 16.0. The number of alkyl halides is 3. The average Bonchev–Trinajstić information content (AvgIpc) is 2.37. The van der Waals surface area contributed by atoms with Gasteiger partial charge < -0.3 is 10.4 Å². The third-order valence-electron chi connectivity index (χ3n) is 2.06. The lowest BCUT2D eigenvalue weighted by Gasteiger charge is -2.11. The van der Waals surface area contributed by atoms with E-state index in [1.165, 1.54) is 6.07 Å². The van der Waals surface area contributed by atoms with Crippen molar-refractivity contribution in [3.63, 3.8) is 0 Å². The van der Waals surface area contributed by atoms with Gasteiger partial charge in [-0.05, 0) is 18.2 Å². The fourth-order valence-electron chi connectivity index (χ4n) is 1.27. The molecule has 0 aliphatic heterocycles. The maximum atomic E-state index is 12.7. The summed E-state index contributed by atoms with van der Waals surface area (Å²) in [6.07, 6.45) is -4.75. The highest BCUT2D eigenvalue weighted by Crippen LogP contribution is 2.33. The summed E-state index contributed by atoms with van der Waals surface area (Å²) in [5, 5.41) is 18.8. The Morgan fingerprint density at radius 1 is 1.38 bits per heavy atom. The van der Waals surface area contributed by atoms with Crippen molar-refractivity contribution in [3.05, 3.63) is 29.3 Å². The summed E-state index contributed by atoms with van der Waals surface area (Å²) in [7, 11) is 0. The molecule has 0 aliphatic rings. The van der Waals surface area contributed by atoms with Crippen LogP contribution in [-0.4, -0.2) is 23.7 Å². The van der Waals surface area contributed by atoms with Crippen molar-refractivity contribution in [2.24, 2.45) is 0 Å². The van der Waals surface area contributed by atoms with Crippen LogP contribution in [0.2, 0.25) is 0 Å². The van der Waals surface area contributed by atoms with Gasteiger partial charge in [-0.3, -0.25) is 4.84 Å². The van der Waals surface area contributed by atoms with Gasteiger partial charge in [0, 0.05) is 5.69 Å². The van der Waals surface area contributed by atoms with E-state index < -0.39 is 35.9 Å². The van der Waals surface area contributed by atoms with Crippen LogP contribution in [0.4, 0.5) is 23.7 Å². The fraction of sp³-hybridized carbons (Fsp3) is 0.182. The summed E-state index contributed by atoms with van der Waals surface area (Å²) < 4.78 is 38.0. The molecule has 10 heteroatoms. The van der Waals surface area contributed by atoms with E-state index in [4.69, 9.17) is 10.4 Å². The molecular weight excluding hydrogens is 295 g/mol. The van der Waals surface area contributed by atoms with Gasteiger partial charge in [-0.2, -0.15) is 18.4 Å². The van der Waals surface area contributed by atoms with Crippen LogP contribution in [-0.2, 0) is 15.8 Å². The Hall–Kier alpha value is -2.80. The Balaban J connectivity index is 2.79. The number of halogens is 3. The molecular formula is C11H8F3N3O4. The van der Waals surface area contributed by atoms with Gasteiger partial charge in [0.15, 0.2) is 6.61 Å². The third kappa shape index (κ3) is 5.00. The molecule has 0 aromatic heterocycles. The van der Waals surface area contributed by atoms with Crippen LogP contribution in [0.5, 0.6) is 0 Å². The quantitative estimate of drug-likeness (QED) is 0.733. The first-order chi connectivity index (χ1) is 9.74. The average molecular weight is 303 g/mol. The van der Waals surface area contributed by atoms with E-state index in [1.807, 2.05) is 5.32 Å². The topological polar surface area (TPSA) is 111 Å². The van der Waals surface area contributed by atoms with Gasteiger partial charge in [-0.15, -0.1) is 0 Å². The Kier molecular flexibility index (Phi) is 5.09. The molecule has 0 spiro atoms. The predicted molar refractivity (Wildman–Crippen MR) is 61.9 cm³/mol. The summed E-state index contributed by atoms with van der Waals surface area (Å²) in [5.41, 5.74) is -0.353. The van der Waals surface area contributed by atoms with Gasteiger partial charge in [-0.25, -0.2) is 15.1 Å². The normalized spacial score (nSPS) is 10.6. The largest absolute Gasteiger partial charge is 0.479 e. The number of hydrogen-bond acceptors (Lipinski definition) is 4. The highest BCUT2D eigenvalue weighted by atomic mass is 19.4. The van der Waals surface area contributed by atoms with Gasteiger partial charge >= 0.3 is 18.2 Å². The molecule has 112 valence electrons. The molecule has 1 aromatic rings.